The van der Waals surface area contributed by atoms with Gasteiger partial charge in [0.05, 0.1) is 6.20 Å². The Morgan fingerprint density at radius 1 is 1.58 bits per heavy atom. The summed E-state index contributed by atoms with van der Waals surface area (Å²) < 4.78 is 26.0. The van der Waals surface area contributed by atoms with Gasteiger partial charge in [0.2, 0.25) is 0 Å². The highest BCUT2D eigenvalue weighted by Crippen LogP contribution is 2.16. The van der Waals surface area contributed by atoms with E-state index in [1.165, 1.54) is 11.4 Å². The molecular formula is C12H22N4O2S. The zero-order chi connectivity index (χ0) is 14.5. The van der Waals surface area contributed by atoms with Gasteiger partial charge in [-0.15, -0.1) is 0 Å². The average Bonchev–Trinajstić information content (AvgIpc) is 2.77. The Hall–Kier alpha value is -1.18. The smallest absolute Gasteiger partial charge is 0.260 e. The van der Waals surface area contributed by atoms with Crippen LogP contribution in [0.5, 0.6) is 0 Å². The molecule has 0 radical (unpaired) electrons. The quantitative estimate of drug-likeness (QED) is 0.554. The van der Waals surface area contributed by atoms with Crippen molar-refractivity contribution in [2.24, 2.45) is 0 Å². The molecule has 0 spiro atoms. The second-order valence-corrected chi connectivity index (χ2v) is 6.60. The normalized spacial score (nSPS) is 12.0. The molecule has 0 bridgehead atoms. The summed E-state index contributed by atoms with van der Waals surface area (Å²) in [5.41, 5.74) is 1.44. The van der Waals surface area contributed by atoms with Crippen LogP contribution >= 0.6 is 0 Å². The van der Waals surface area contributed by atoms with E-state index in [2.05, 4.69) is 29.0 Å². The largest absolute Gasteiger partial charge is 0.313 e. The Morgan fingerprint density at radius 2 is 2.26 bits per heavy atom. The zero-order valence-corrected chi connectivity index (χ0v) is 12.5. The van der Waals surface area contributed by atoms with E-state index in [0.29, 0.717) is 18.7 Å². The van der Waals surface area contributed by atoms with Crippen LogP contribution < -0.4 is 5.32 Å². The van der Waals surface area contributed by atoms with Crippen LogP contribution in [-0.4, -0.2) is 43.1 Å². The van der Waals surface area contributed by atoms with E-state index in [0.717, 1.165) is 18.5 Å². The number of nitrogens with one attached hydrogen (secondary N) is 2. The SMILES string of the molecule is C=C(C)CN(C)S(=O)(=O)c1[nH]ncc1CNCCC. The van der Waals surface area contributed by atoms with Gasteiger partial charge in [0.15, 0.2) is 5.03 Å². The number of hydrogen-bond acceptors (Lipinski definition) is 4. The molecule has 6 nitrogen and oxygen atoms in total. The Bertz CT molecular complexity index is 522. The topological polar surface area (TPSA) is 78.1 Å². The molecule has 7 heteroatoms. The van der Waals surface area contributed by atoms with Crippen molar-refractivity contribution < 1.29 is 8.42 Å². The summed E-state index contributed by atoms with van der Waals surface area (Å²) in [5.74, 6) is 0. The highest BCUT2D eigenvalue weighted by atomic mass is 32.2. The van der Waals surface area contributed by atoms with Gasteiger partial charge in [-0.2, -0.15) is 9.40 Å². The maximum Gasteiger partial charge on any atom is 0.260 e. The van der Waals surface area contributed by atoms with Crippen molar-refractivity contribution in [1.29, 1.82) is 0 Å². The molecule has 0 unspecified atom stereocenters. The third kappa shape index (κ3) is 4.15. The Kier molecular flexibility index (Phi) is 5.71. The summed E-state index contributed by atoms with van der Waals surface area (Å²) in [6.45, 7) is 9.20. The molecule has 0 fully saturated rings. The summed E-state index contributed by atoms with van der Waals surface area (Å²) in [4.78, 5) is 0. The van der Waals surface area contributed by atoms with Crippen LogP contribution in [0.3, 0.4) is 0 Å². The molecule has 0 aliphatic carbocycles. The zero-order valence-electron chi connectivity index (χ0n) is 11.7. The van der Waals surface area contributed by atoms with Crippen LogP contribution in [0.25, 0.3) is 0 Å². The van der Waals surface area contributed by atoms with E-state index in [4.69, 9.17) is 0 Å². The molecular weight excluding hydrogens is 264 g/mol. The van der Waals surface area contributed by atoms with Gasteiger partial charge in [-0.05, 0) is 19.9 Å². The van der Waals surface area contributed by atoms with Gasteiger partial charge in [-0.3, -0.25) is 5.10 Å². The molecule has 19 heavy (non-hydrogen) atoms. The van der Waals surface area contributed by atoms with Crippen LogP contribution in [-0.2, 0) is 16.6 Å². The number of aromatic amines is 1. The molecule has 0 saturated heterocycles. The van der Waals surface area contributed by atoms with Crippen LogP contribution in [0.15, 0.2) is 23.4 Å². The van der Waals surface area contributed by atoms with Crippen molar-refractivity contribution in [2.45, 2.75) is 31.8 Å². The van der Waals surface area contributed by atoms with E-state index in [1.54, 1.807) is 13.1 Å². The summed E-state index contributed by atoms with van der Waals surface area (Å²) in [6.07, 6.45) is 2.54. The van der Waals surface area contributed by atoms with Gasteiger partial charge in [0.25, 0.3) is 10.0 Å². The number of H-pyrrole nitrogens is 1. The molecule has 0 aromatic carbocycles. The molecule has 1 heterocycles. The molecule has 0 saturated carbocycles. The molecule has 0 aliphatic rings. The first-order chi connectivity index (χ1) is 8.89. The summed E-state index contributed by atoms with van der Waals surface area (Å²) in [5, 5.41) is 9.74. The van der Waals surface area contributed by atoms with Crippen molar-refractivity contribution >= 4 is 10.0 Å². The highest BCUT2D eigenvalue weighted by Gasteiger charge is 2.25. The van der Waals surface area contributed by atoms with Crippen molar-refractivity contribution in [3.05, 3.63) is 23.9 Å². The van der Waals surface area contributed by atoms with Crippen LogP contribution in [0.2, 0.25) is 0 Å². The first kappa shape index (κ1) is 15.9. The first-order valence-electron chi connectivity index (χ1n) is 6.23. The molecule has 1 aromatic heterocycles. The van der Waals surface area contributed by atoms with Gasteiger partial charge >= 0.3 is 0 Å². The predicted molar refractivity (Wildman–Crippen MR) is 75.2 cm³/mol. The lowest BCUT2D eigenvalue weighted by Crippen LogP contribution is -2.30. The fraction of sp³-hybridized carbons (Fsp3) is 0.583. The Balaban J connectivity index is 2.89. The molecule has 108 valence electrons. The monoisotopic (exact) mass is 286 g/mol. The first-order valence-corrected chi connectivity index (χ1v) is 7.67. The lowest BCUT2D eigenvalue weighted by atomic mass is 10.3. The number of rotatable bonds is 8. The Labute approximate surface area is 114 Å². The minimum Gasteiger partial charge on any atom is -0.313 e. The molecule has 2 N–H and O–H groups in total. The molecule has 0 aliphatic heterocycles. The number of hydrogen-bond donors (Lipinski definition) is 2. The molecule has 1 aromatic rings. The minimum atomic E-state index is -3.54. The third-order valence-corrected chi connectivity index (χ3v) is 4.40. The van der Waals surface area contributed by atoms with E-state index < -0.39 is 10.0 Å². The van der Waals surface area contributed by atoms with Crippen molar-refractivity contribution in [1.82, 2.24) is 19.8 Å². The number of sulfonamides is 1. The van der Waals surface area contributed by atoms with E-state index >= 15 is 0 Å². The summed E-state index contributed by atoms with van der Waals surface area (Å²) >= 11 is 0. The van der Waals surface area contributed by atoms with Crippen LogP contribution in [0.4, 0.5) is 0 Å². The predicted octanol–water partition coefficient (Wildman–Crippen LogP) is 1.11. The minimum absolute atomic E-state index is 0.153. The third-order valence-electron chi connectivity index (χ3n) is 2.58. The van der Waals surface area contributed by atoms with Gasteiger partial charge in [0.1, 0.15) is 0 Å². The second kappa shape index (κ2) is 6.83. The van der Waals surface area contributed by atoms with E-state index in [9.17, 15) is 8.42 Å². The standard InChI is InChI=1S/C12H22N4O2S/c1-5-6-13-7-11-8-14-15-12(11)19(17,18)16(4)9-10(2)3/h8,13H,2,5-7,9H2,1,3-4H3,(H,14,15). The van der Waals surface area contributed by atoms with Crippen LogP contribution in [0.1, 0.15) is 25.8 Å². The van der Waals surface area contributed by atoms with Gasteiger partial charge < -0.3 is 5.32 Å². The molecule has 0 amide bonds. The Morgan fingerprint density at radius 3 is 2.84 bits per heavy atom. The second-order valence-electron chi connectivity index (χ2n) is 4.62. The van der Waals surface area contributed by atoms with Crippen molar-refractivity contribution in [3.63, 3.8) is 0 Å². The number of aromatic nitrogens is 2. The maximum atomic E-state index is 12.4. The lowest BCUT2D eigenvalue weighted by molar-refractivity contribution is 0.487. The molecule has 0 atom stereocenters. The van der Waals surface area contributed by atoms with E-state index in [-0.39, 0.29) is 5.03 Å². The van der Waals surface area contributed by atoms with Crippen LogP contribution in [0, 0.1) is 0 Å². The summed E-state index contributed by atoms with van der Waals surface area (Å²) in [7, 11) is -2.01. The molecule has 1 rings (SSSR count). The lowest BCUT2D eigenvalue weighted by Gasteiger charge is -2.17. The van der Waals surface area contributed by atoms with E-state index in [1.807, 2.05) is 0 Å². The fourth-order valence-corrected chi connectivity index (χ4v) is 3.00. The fourth-order valence-electron chi connectivity index (χ4n) is 1.67. The van der Waals surface area contributed by atoms with Gasteiger partial charge in [0, 0.05) is 25.7 Å². The summed E-state index contributed by atoms with van der Waals surface area (Å²) in [6, 6.07) is 0. The maximum absolute atomic E-state index is 12.4. The van der Waals surface area contributed by atoms with Gasteiger partial charge in [-0.25, -0.2) is 8.42 Å². The highest BCUT2D eigenvalue weighted by molar-refractivity contribution is 7.89. The van der Waals surface area contributed by atoms with Crippen molar-refractivity contribution in [2.75, 3.05) is 20.1 Å². The number of likely N-dealkylation sites (N-methyl/N-ethyl adjacent to an activating group) is 1. The van der Waals surface area contributed by atoms with Crippen molar-refractivity contribution in [3.8, 4) is 0 Å². The number of nitrogens with zero attached hydrogens (tertiary/aromatic N) is 2. The average molecular weight is 286 g/mol. The van der Waals surface area contributed by atoms with Gasteiger partial charge in [-0.1, -0.05) is 19.1 Å².